The van der Waals surface area contributed by atoms with Gasteiger partial charge in [-0.1, -0.05) is 24.0 Å². The van der Waals surface area contributed by atoms with Crippen molar-refractivity contribution in [3.05, 3.63) is 22.1 Å². The lowest BCUT2D eigenvalue weighted by atomic mass is 10.4. The van der Waals surface area contributed by atoms with Gasteiger partial charge in [0.2, 0.25) is 0 Å². The van der Waals surface area contributed by atoms with E-state index in [2.05, 4.69) is 11.8 Å². The molecule has 0 aromatic carbocycles. The van der Waals surface area contributed by atoms with Crippen molar-refractivity contribution in [3.63, 3.8) is 0 Å². The molecule has 0 saturated carbocycles. The third-order valence-corrected chi connectivity index (χ3v) is 5.34. The van der Waals surface area contributed by atoms with Crippen molar-refractivity contribution in [1.82, 2.24) is 9.80 Å². The number of thiocarbonyl (C=S) groups is 1. The average molecular weight is 300 g/mol. The second kappa shape index (κ2) is 6.12. The van der Waals surface area contributed by atoms with E-state index in [9.17, 15) is 4.79 Å². The van der Waals surface area contributed by atoms with Crippen LogP contribution in [-0.2, 0) is 4.79 Å². The molecule has 0 spiro atoms. The van der Waals surface area contributed by atoms with Crippen LogP contribution in [0.5, 0.6) is 0 Å². The molecular weight excluding hydrogens is 284 g/mol. The zero-order valence-electron chi connectivity index (χ0n) is 10.5. The van der Waals surface area contributed by atoms with Crippen LogP contribution in [-0.4, -0.2) is 45.4 Å². The minimum atomic E-state index is 0.0374. The highest BCUT2D eigenvalue weighted by molar-refractivity contribution is 8.26. The van der Waals surface area contributed by atoms with Crippen LogP contribution >= 0.6 is 35.7 Å². The van der Waals surface area contributed by atoms with Gasteiger partial charge in [-0.25, -0.2) is 0 Å². The number of likely N-dealkylation sites (N-methyl/N-ethyl adjacent to an activating group) is 1. The van der Waals surface area contributed by atoms with E-state index in [1.165, 1.54) is 16.8 Å². The number of hydrogen-bond acceptors (Lipinski definition) is 5. The van der Waals surface area contributed by atoms with Crippen molar-refractivity contribution in [2.75, 3.05) is 25.4 Å². The maximum absolute atomic E-state index is 12.0. The molecule has 0 aliphatic carbocycles. The summed E-state index contributed by atoms with van der Waals surface area (Å²) in [6.07, 6.45) is 3.95. The fraction of sp³-hybridized carbons (Fsp3) is 0.500. The molecule has 2 rings (SSSR count). The van der Waals surface area contributed by atoms with Crippen LogP contribution in [0, 0.1) is 0 Å². The molecule has 1 amide bonds. The lowest BCUT2D eigenvalue weighted by molar-refractivity contribution is -0.122. The normalized spacial score (nSPS) is 25.0. The molecule has 0 radical (unpaired) electrons. The molecule has 3 nitrogen and oxygen atoms in total. The molecule has 98 valence electrons. The van der Waals surface area contributed by atoms with Gasteiger partial charge < -0.3 is 4.90 Å². The van der Waals surface area contributed by atoms with Gasteiger partial charge in [0.25, 0.3) is 5.91 Å². The van der Waals surface area contributed by atoms with Gasteiger partial charge in [-0.2, -0.15) is 0 Å². The van der Waals surface area contributed by atoms with Crippen LogP contribution in [0.15, 0.2) is 22.1 Å². The number of nitrogens with zero attached hydrogens (tertiary/aromatic N) is 2. The number of hydrogen-bond donors (Lipinski definition) is 0. The van der Waals surface area contributed by atoms with Crippen molar-refractivity contribution in [2.45, 2.75) is 13.8 Å². The van der Waals surface area contributed by atoms with Crippen LogP contribution in [0.3, 0.4) is 0 Å². The van der Waals surface area contributed by atoms with Crippen LogP contribution in [0.2, 0.25) is 0 Å². The first-order valence-corrected chi connectivity index (χ1v) is 8.21. The van der Waals surface area contributed by atoms with Gasteiger partial charge in [0.05, 0.1) is 9.93 Å². The number of rotatable bonds is 3. The highest BCUT2D eigenvalue weighted by Crippen LogP contribution is 2.32. The summed E-state index contributed by atoms with van der Waals surface area (Å²) in [4.78, 5) is 16.7. The Labute approximate surface area is 122 Å². The molecule has 0 atom stereocenters. The molecule has 6 heteroatoms. The third kappa shape index (κ3) is 2.75. The van der Waals surface area contributed by atoms with Gasteiger partial charge in [-0.15, -0.1) is 11.8 Å². The van der Waals surface area contributed by atoms with Crippen molar-refractivity contribution in [2.24, 2.45) is 0 Å². The lowest BCUT2D eigenvalue weighted by Crippen LogP contribution is -2.27. The minimum Gasteiger partial charge on any atom is -0.366 e. The number of carbonyl (C=O) groups is 1. The highest BCUT2D eigenvalue weighted by Gasteiger charge is 2.30. The summed E-state index contributed by atoms with van der Waals surface area (Å²) in [5.74, 6) is 1.17. The lowest BCUT2D eigenvalue weighted by Gasteiger charge is -2.15. The zero-order valence-corrected chi connectivity index (χ0v) is 13.0. The maximum atomic E-state index is 12.0. The van der Waals surface area contributed by atoms with Gasteiger partial charge >= 0.3 is 0 Å². The Bertz CT molecular complexity index is 431. The molecule has 2 aliphatic heterocycles. The molecule has 2 aliphatic rings. The first kappa shape index (κ1) is 14.0. The fourth-order valence-electron chi connectivity index (χ4n) is 1.86. The van der Waals surface area contributed by atoms with Crippen LogP contribution in [0.4, 0.5) is 0 Å². The molecule has 18 heavy (non-hydrogen) atoms. The summed E-state index contributed by atoms with van der Waals surface area (Å²) in [7, 11) is 0. The summed E-state index contributed by atoms with van der Waals surface area (Å²) in [6.45, 7) is 6.85. The Morgan fingerprint density at radius 2 is 2.11 bits per heavy atom. The quantitative estimate of drug-likeness (QED) is 0.589. The topological polar surface area (TPSA) is 23.6 Å². The average Bonchev–Trinajstić information content (AvgIpc) is 2.91. The molecular formula is C12H16N2OS3. The van der Waals surface area contributed by atoms with Gasteiger partial charge in [-0.05, 0) is 26.0 Å². The Hall–Kier alpha value is -0.460. The SMILES string of the molecule is CCN1C(=O)/C(=C\C=C2\SCCN2CC)SC1=S. The van der Waals surface area contributed by atoms with E-state index in [0.29, 0.717) is 10.9 Å². The number of carbonyl (C=O) groups excluding carboxylic acids is 1. The van der Waals surface area contributed by atoms with Crippen LogP contribution in [0.25, 0.3) is 0 Å². The Kier molecular flexibility index (Phi) is 4.75. The summed E-state index contributed by atoms with van der Waals surface area (Å²) in [5, 5.41) is 1.25. The molecule has 2 heterocycles. The fourth-order valence-corrected chi connectivity index (χ4v) is 4.28. The molecule has 0 aromatic rings. The smallest absolute Gasteiger partial charge is 0.266 e. The molecule has 0 unspecified atom stereocenters. The van der Waals surface area contributed by atoms with E-state index >= 15 is 0 Å². The minimum absolute atomic E-state index is 0.0374. The summed E-state index contributed by atoms with van der Waals surface area (Å²) in [5.41, 5.74) is 0. The number of thioether (sulfide) groups is 2. The largest absolute Gasteiger partial charge is 0.366 e. The zero-order chi connectivity index (χ0) is 13.1. The first-order valence-electron chi connectivity index (χ1n) is 6.00. The molecule has 0 N–H and O–H groups in total. The van der Waals surface area contributed by atoms with Gasteiger partial charge in [0.15, 0.2) is 0 Å². The predicted molar refractivity (Wildman–Crippen MR) is 83.4 cm³/mol. The van der Waals surface area contributed by atoms with E-state index < -0.39 is 0 Å². The van der Waals surface area contributed by atoms with Gasteiger partial charge in [-0.3, -0.25) is 9.69 Å². The summed E-state index contributed by atoms with van der Waals surface area (Å²) < 4.78 is 0.665. The second-order valence-corrected chi connectivity index (χ2v) is 6.67. The van der Waals surface area contributed by atoms with Crippen LogP contribution < -0.4 is 0 Å². The standard InChI is InChI=1S/C12H16N2OS3/c1-3-13-7-8-17-10(13)6-5-9-11(15)14(4-2)12(16)18-9/h5-6H,3-4,7-8H2,1-2H3/b9-5+,10-6+. The van der Waals surface area contributed by atoms with Gasteiger partial charge in [0, 0.05) is 25.4 Å². The number of amides is 1. The van der Waals surface area contributed by atoms with E-state index in [1.807, 2.05) is 30.8 Å². The Morgan fingerprint density at radius 3 is 2.72 bits per heavy atom. The van der Waals surface area contributed by atoms with E-state index in [-0.39, 0.29) is 5.91 Å². The van der Waals surface area contributed by atoms with Crippen LogP contribution in [0.1, 0.15) is 13.8 Å². The summed E-state index contributed by atoms with van der Waals surface area (Å²) in [6, 6.07) is 0. The van der Waals surface area contributed by atoms with Crippen molar-refractivity contribution < 1.29 is 4.79 Å². The Balaban J connectivity index is 2.13. The van der Waals surface area contributed by atoms with E-state index in [1.54, 1.807) is 4.90 Å². The van der Waals surface area contributed by atoms with E-state index in [0.717, 1.165) is 23.7 Å². The highest BCUT2D eigenvalue weighted by atomic mass is 32.2. The molecule has 2 saturated heterocycles. The molecule has 0 bridgehead atoms. The van der Waals surface area contributed by atoms with Crippen molar-refractivity contribution >= 4 is 46.0 Å². The maximum Gasteiger partial charge on any atom is 0.266 e. The van der Waals surface area contributed by atoms with Gasteiger partial charge in [0.1, 0.15) is 4.32 Å². The van der Waals surface area contributed by atoms with Crippen molar-refractivity contribution in [3.8, 4) is 0 Å². The first-order chi connectivity index (χ1) is 8.67. The molecule has 2 fully saturated rings. The second-order valence-electron chi connectivity index (χ2n) is 3.88. The molecule has 0 aromatic heterocycles. The van der Waals surface area contributed by atoms with Crippen molar-refractivity contribution in [1.29, 1.82) is 0 Å². The van der Waals surface area contributed by atoms with E-state index in [4.69, 9.17) is 12.2 Å². The predicted octanol–water partition coefficient (Wildman–Crippen LogP) is 2.66. The third-order valence-electron chi connectivity index (χ3n) is 2.87. The monoisotopic (exact) mass is 300 g/mol. The number of allylic oxidation sites excluding steroid dienone is 2. The Morgan fingerprint density at radius 1 is 1.33 bits per heavy atom. The summed E-state index contributed by atoms with van der Waals surface area (Å²) >= 11 is 8.42.